The number of amides is 1. The standard InChI is InChI=1S/C16H12ClN3O6/c1-25-13-4-2-9(17)6-11(13)18-15(21)8-19-12-7-10(20(23)24)3-5-14(12)26-16(19)22/h2-7H,8H2,1H3,(H,18,21). The second-order valence-corrected chi connectivity index (χ2v) is 5.69. The molecule has 0 saturated carbocycles. The van der Waals surface area contributed by atoms with Gasteiger partial charge in [-0.3, -0.25) is 19.5 Å². The summed E-state index contributed by atoms with van der Waals surface area (Å²) in [5, 5.41) is 13.9. The number of hydrogen-bond acceptors (Lipinski definition) is 6. The fraction of sp³-hybridized carbons (Fsp3) is 0.125. The van der Waals surface area contributed by atoms with Gasteiger partial charge >= 0.3 is 5.76 Å². The third-order valence-corrected chi connectivity index (χ3v) is 3.83. The summed E-state index contributed by atoms with van der Waals surface area (Å²) in [6.45, 7) is -0.400. The molecular formula is C16H12ClN3O6. The fourth-order valence-electron chi connectivity index (χ4n) is 2.43. The molecule has 0 aliphatic heterocycles. The summed E-state index contributed by atoms with van der Waals surface area (Å²) in [5.74, 6) is -0.960. The Morgan fingerprint density at radius 3 is 2.81 bits per heavy atom. The number of carbonyl (C=O) groups excluding carboxylic acids is 1. The molecule has 1 heterocycles. The van der Waals surface area contributed by atoms with Crippen molar-refractivity contribution < 1.29 is 18.9 Å². The number of benzene rings is 2. The predicted octanol–water partition coefficient (Wildman–Crippen LogP) is 2.80. The van der Waals surface area contributed by atoms with Crippen LogP contribution in [0.5, 0.6) is 5.75 Å². The maximum absolute atomic E-state index is 12.3. The number of nitrogens with zero attached hydrogens (tertiary/aromatic N) is 2. The summed E-state index contributed by atoms with van der Waals surface area (Å²) in [7, 11) is 1.44. The average molecular weight is 378 g/mol. The summed E-state index contributed by atoms with van der Waals surface area (Å²) in [6.07, 6.45) is 0. The molecule has 9 nitrogen and oxygen atoms in total. The zero-order chi connectivity index (χ0) is 18.8. The summed E-state index contributed by atoms with van der Waals surface area (Å²) in [4.78, 5) is 34.6. The molecule has 1 N–H and O–H groups in total. The van der Waals surface area contributed by atoms with Gasteiger partial charge < -0.3 is 14.5 Å². The first-order valence-electron chi connectivity index (χ1n) is 7.30. The van der Waals surface area contributed by atoms with E-state index in [-0.39, 0.29) is 16.8 Å². The van der Waals surface area contributed by atoms with E-state index in [1.807, 2.05) is 0 Å². The van der Waals surface area contributed by atoms with Gasteiger partial charge in [0.25, 0.3) is 5.69 Å². The number of methoxy groups -OCH3 is 1. The first-order chi connectivity index (χ1) is 12.4. The highest BCUT2D eigenvalue weighted by Crippen LogP contribution is 2.27. The van der Waals surface area contributed by atoms with E-state index in [1.54, 1.807) is 12.1 Å². The quantitative estimate of drug-likeness (QED) is 0.539. The number of nitrogens with one attached hydrogen (secondary N) is 1. The number of hydrogen-bond donors (Lipinski definition) is 1. The van der Waals surface area contributed by atoms with Gasteiger partial charge in [-0.05, 0) is 24.3 Å². The van der Waals surface area contributed by atoms with Crippen LogP contribution in [-0.2, 0) is 11.3 Å². The number of non-ortho nitro benzene ring substituents is 1. The molecule has 2 aromatic carbocycles. The maximum Gasteiger partial charge on any atom is 0.420 e. The molecular weight excluding hydrogens is 366 g/mol. The molecule has 3 rings (SSSR count). The van der Waals surface area contributed by atoms with Crippen molar-refractivity contribution in [3.8, 4) is 5.75 Å². The summed E-state index contributed by atoms with van der Waals surface area (Å²) < 4.78 is 11.2. The van der Waals surface area contributed by atoms with Gasteiger partial charge in [0.2, 0.25) is 5.91 Å². The van der Waals surface area contributed by atoms with Crippen LogP contribution in [0.15, 0.2) is 45.6 Å². The van der Waals surface area contributed by atoms with Gasteiger partial charge in [-0.2, -0.15) is 0 Å². The van der Waals surface area contributed by atoms with Gasteiger partial charge in [-0.25, -0.2) is 4.79 Å². The maximum atomic E-state index is 12.3. The van der Waals surface area contributed by atoms with Crippen molar-refractivity contribution in [2.24, 2.45) is 0 Å². The second-order valence-electron chi connectivity index (χ2n) is 5.26. The van der Waals surface area contributed by atoms with Crippen molar-refractivity contribution in [2.75, 3.05) is 12.4 Å². The second kappa shape index (κ2) is 6.89. The first kappa shape index (κ1) is 17.5. The minimum atomic E-state index is -0.797. The van der Waals surface area contributed by atoms with Gasteiger partial charge in [0.05, 0.1) is 23.2 Å². The zero-order valence-corrected chi connectivity index (χ0v) is 14.1. The Morgan fingerprint density at radius 1 is 1.35 bits per heavy atom. The van der Waals surface area contributed by atoms with Crippen LogP contribution in [-0.4, -0.2) is 22.5 Å². The Labute approximate surface area is 150 Å². The SMILES string of the molecule is COc1ccc(Cl)cc1NC(=O)Cn1c(=O)oc2ccc([N+](=O)[O-])cc21. The number of anilines is 1. The van der Waals surface area contributed by atoms with E-state index < -0.39 is 23.1 Å². The lowest BCUT2D eigenvalue weighted by Crippen LogP contribution is -2.25. The molecule has 0 fully saturated rings. The Hall–Kier alpha value is -3.33. The molecule has 1 amide bonds. The third-order valence-electron chi connectivity index (χ3n) is 3.60. The Bertz CT molecular complexity index is 1070. The Balaban J connectivity index is 1.91. The van der Waals surface area contributed by atoms with Crippen molar-refractivity contribution >= 4 is 40.0 Å². The summed E-state index contributed by atoms with van der Waals surface area (Å²) >= 11 is 5.91. The largest absolute Gasteiger partial charge is 0.495 e. The molecule has 0 atom stereocenters. The van der Waals surface area contributed by atoms with Crippen LogP contribution in [0.2, 0.25) is 5.02 Å². The zero-order valence-electron chi connectivity index (χ0n) is 13.4. The van der Waals surface area contributed by atoms with E-state index in [2.05, 4.69) is 5.32 Å². The molecule has 0 saturated heterocycles. The molecule has 3 aromatic rings. The highest BCUT2D eigenvalue weighted by molar-refractivity contribution is 6.31. The van der Waals surface area contributed by atoms with Crippen LogP contribution in [0, 0.1) is 10.1 Å². The molecule has 26 heavy (non-hydrogen) atoms. The number of carbonyl (C=O) groups is 1. The monoisotopic (exact) mass is 377 g/mol. The van der Waals surface area contributed by atoms with E-state index in [4.69, 9.17) is 20.8 Å². The number of aromatic nitrogens is 1. The van der Waals surface area contributed by atoms with Crippen molar-refractivity contribution in [3.05, 3.63) is 62.1 Å². The van der Waals surface area contributed by atoms with E-state index in [1.165, 1.54) is 31.4 Å². The summed E-state index contributed by atoms with van der Waals surface area (Å²) in [5.41, 5.74) is 0.409. The smallest absolute Gasteiger partial charge is 0.420 e. The minimum Gasteiger partial charge on any atom is -0.495 e. The van der Waals surface area contributed by atoms with Gasteiger partial charge in [-0.1, -0.05) is 11.6 Å². The molecule has 0 aliphatic carbocycles. The van der Waals surface area contributed by atoms with Crippen LogP contribution in [0.25, 0.3) is 11.1 Å². The molecule has 0 aliphatic rings. The number of halogens is 1. The molecule has 0 spiro atoms. The lowest BCUT2D eigenvalue weighted by molar-refractivity contribution is -0.384. The van der Waals surface area contributed by atoms with Crippen LogP contribution in [0.1, 0.15) is 0 Å². The van der Waals surface area contributed by atoms with E-state index >= 15 is 0 Å². The number of ether oxygens (including phenoxy) is 1. The molecule has 0 bridgehead atoms. The third kappa shape index (κ3) is 3.38. The number of rotatable bonds is 5. The van der Waals surface area contributed by atoms with Crippen molar-refractivity contribution in [1.29, 1.82) is 0 Å². The van der Waals surface area contributed by atoms with Crippen LogP contribution in [0.3, 0.4) is 0 Å². The topological polar surface area (TPSA) is 117 Å². The first-order valence-corrected chi connectivity index (χ1v) is 7.68. The molecule has 0 radical (unpaired) electrons. The molecule has 0 unspecified atom stereocenters. The summed E-state index contributed by atoms with van der Waals surface area (Å²) in [6, 6.07) is 8.38. The van der Waals surface area contributed by atoms with Crippen LogP contribution >= 0.6 is 11.6 Å². The van der Waals surface area contributed by atoms with Crippen molar-refractivity contribution in [2.45, 2.75) is 6.54 Å². The van der Waals surface area contributed by atoms with Gasteiger partial charge in [0.1, 0.15) is 12.3 Å². The molecule has 134 valence electrons. The fourth-order valence-corrected chi connectivity index (χ4v) is 2.60. The van der Waals surface area contributed by atoms with Gasteiger partial charge in [0, 0.05) is 17.2 Å². The Morgan fingerprint density at radius 2 is 2.12 bits per heavy atom. The molecule has 1 aromatic heterocycles. The minimum absolute atomic E-state index is 0.147. The number of nitro groups is 1. The number of oxazole rings is 1. The van der Waals surface area contributed by atoms with Crippen LogP contribution in [0.4, 0.5) is 11.4 Å². The Kier molecular flexibility index (Phi) is 4.63. The number of nitro benzene ring substituents is 1. The normalized spacial score (nSPS) is 10.7. The van der Waals surface area contributed by atoms with Crippen molar-refractivity contribution in [1.82, 2.24) is 4.57 Å². The lowest BCUT2D eigenvalue weighted by atomic mass is 10.2. The van der Waals surface area contributed by atoms with Gasteiger partial charge in [0.15, 0.2) is 5.58 Å². The number of fused-ring (bicyclic) bond motifs is 1. The van der Waals surface area contributed by atoms with E-state index in [9.17, 15) is 19.7 Å². The van der Waals surface area contributed by atoms with E-state index in [0.29, 0.717) is 16.5 Å². The van der Waals surface area contributed by atoms with Gasteiger partial charge in [-0.15, -0.1) is 0 Å². The van der Waals surface area contributed by atoms with E-state index in [0.717, 1.165) is 4.57 Å². The predicted molar refractivity (Wildman–Crippen MR) is 93.8 cm³/mol. The highest BCUT2D eigenvalue weighted by Gasteiger charge is 2.17. The highest BCUT2D eigenvalue weighted by atomic mass is 35.5. The lowest BCUT2D eigenvalue weighted by Gasteiger charge is -2.10. The van der Waals surface area contributed by atoms with Crippen molar-refractivity contribution in [3.63, 3.8) is 0 Å². The average Bonchev–Trinajstić information content (AvgIpc) is 2.90. The molecule has 10 heteroatoms. The van der Waals surface area contributed by atoms with Crippen LogP contribution < -0.4 is 15.8 Å².